The number of methoxy groups -OCH3 is 1. The quantitative estimate of drug-likeness (QED) is 0.739. The average Bonchev–Trinajstić information content (AvgIpc) is 2.75. The first kappa shape index (κ1) is 13.9. The Morgan fingerprint density at radius 3 is 2.71 bits per heavy atom. The summed E-state index contributed by atoms with van der Waals surface area (Å²) in [6.07, 6.45) is 3.43. The summed E-state index contributed by atoms with van der Waals surface area (Å²) in [5.41, 5.74) is 5.12. The molecule has 0 bridgehead atoms. The molecule has 0 fully saturated rings. The third-order valence-electron chi connectivity index (χ3n) is 3.82. The molecule has 0 amide bonds. The molecule has 0 spiro atoms. The number of fused-ring (bicyclic) bond motifs is 1. The molecule has 2 heterocycles. The summed E-state index contributed by atoms with van der Waals surface area (Å²) in [7, 11) is 1.65. The van der Waals surface area contributed by atoms with Gasteiger partial charge in [0.2, 0.25) is 0 Å². The zero-order valence-electron chi connectivity index (χ0n) is 12.2. The molecule has 0 aliphatic carbocycles. The van der Waals surface area contributed by atoms with Gasteiger partial charge in [-0.1, -0.05) is 11.6 Å². The van der Waals surface area contributed by atoms with Crippen molar-refractivity contribution in [1.29, 1.82) is 0 Å². The Labute approximate surface area is 128 Å². The smallest absolute Gasteiger partial charge is 0.159 e. The van der Waals surface area contributed by atoms with Crippen molar-refractivity contribution < 1.29 is 4.74 Å². The van der Waals surface area contributed by atoms with Crippen molar-refractivity contribution in [2.24, 2.45) is 0 Å². The SMILES string of the molecule is COc1ccc(Cl)c(Cn2c(C)c(C)c3nccnc32)c1. The van der Waals surface area contributed by atoms with Crippen LogP contribution in [0.4, 0.5) is 0 Å². The molecule has 4 nitrogen and oxygen atoms in total. The van der Waals surface area contributed by atoms with Gasteiger partial charge in [0.05, 0.1) is 13.7 Å². The lowest BCUT2D eigenvalue weighted by Crippen LogP contribution is -2.04. The summed E-state index contributed by atoms with van der Waals surface area (Å²) >= 11 is 6.31. The van der Waals surface area contributed by atoms with Gasteiger partial charge < -0.3 is 9.30 Å². The minimum atomic E-state index is 0.644. The Bertz CT molecular complexity index is 811. The molecule has 0 unspecified atom stereocenters. The summed E-state index contributed by atoms with van der Waals surface area (Å²) in [6, 6.07) is 5.67. The van der Waals surface area contributed by atoms with E-state index in [-0.39, 0.29) is 0 Å². The standard InChI is InChI=1S/C16H16ClN3O/c1-10-11(2)20(16-15(10)18-6-7-19-16)9-12-8-13(21-3)4-5-14(12)17/h4-8H,9H2,1-3H3. The van der Waals surface area contributed by atoms with E-state index < -0.39 is 0 Å². The molecule has 0 radical (unpaired) electrons. The molecule has 2 aromatic heterocycles. The molecule has 5 heteroatoms. The first-order valence-corrected chi connectivity index (χ1v) is 7.08. The van der Waals surface area contributed by atoms with Gasteiger partial charge in [-0.25, -0.2) is 4.98 Å². The van der Waals surface area contributed by atoms with Crippen LogP contribution in [0, 0.1) is 13.8 Å². The highest BCUT2D eigenvalue weighted by Gasteiger charge is 2.14. The van der Waals surface area contributed by atoms with Gasteiger partial charge in [0.25, 0.3) is 0 Å². The molecule has 3 aromatic rings. The minimum Gasteiger partial charge on any atom is -0.497 e. The number of nitrogens with zero attached hydrogens (tertiary/aromatic N) is 3. The van der Waals surface area contributed by atoms with Crippen molar-refractivity contribution in [2.75, 3.05) is 7.11 Å². The average molecular weight is 302 g/mol. The second-order valence-corrected chi connectivity index (χ2v) is 5.39. The van der Waals surface area contributed by atoms with Crippen molar-refractivity contribution >= 4 is 22.8 Å². The highest BCUT2D eigenvalue weighted by atomic mass is 35.5. The van der Waals surface area contributed by atoms with Gasteiger partial charge in [-0.15, -0.1) is 0 Å². The predicted octanol–water partition coefficient (Wildman–Crippen LogP) is 3.76. The van der Waals surface area contributed by atoms with Crippen LogP contribution in [0.15, 0.2) is 30.6 Å². The summed E-state index contributed by atoms with van der Waals surface area (Å²) in [6.45, 7) is 4.79. The molecular weight excluding hydrogens is 286 g/mol. The molecule has 21 heavy (non-hydrogen) atoms. The van der Waals surface area contributed by atoms with Crippen LogP contribution in [-0.4, -0.2) is 21.6 Å². The van der Waals surface area contributed by atoms with Crippen molar-refractivity contribution in [3.8, 4) is 5.75 Å². The fourth-order valence-corrected chi connectivity index (χ4v) is 2.67. The van der Waals surface area contributed by atoms with Gasteiger partial charge in [0.15, 0.2) is 5.65 Å². The first-order valence-electron chi connectivity index (χ1n) is 6.70. The molecule has 1 aromatic carbocycles. The second-order valence-electron chi connectivity index (χ2n) is 4.98. The van der Waals surface area contributed by atoms with Crippen LogP contribution < -0.4 is 4.74 Å². The minimum absolute atomic E-state index is 0.644. The lowest BCUT2D eigenvalue weighted by molar-refractivity contribution is 0.414. The fourth-order valence-electron chi connectivity index (χ4n) is 2.49. The summed E-state index contributed by atoms with van der Waals surface area (Å²) < 4.78 is 7.41. The molecule has 3 rings (SSSR count). The Hall–Kier alpha value is -2.07. The maximum absolute atomic E-state index is 6.31. The van der Waals surface area contributed by atoms with Crippen LogP contribution in [0.1, 0.15) is 16.8 Å². The molecule has 0 saturated heterocycles. The van der Waals surface area contributed by atoms with E-state index >= 15 is 0 Å². The maximum atomic E-state index is 6.31. The molecule has 0 aliphatic rings. The third kappa shape index (κ3) is 2.36. The van der Waals surface area contributed by atoms with E-state index in [0.717, 1.165) is 38.8 Å². The lowest BCUT2D eigenvalue weighted by atomic mass is 10.2. The number of hydrogen-bond acceptors (Lipinski definition) is 3. The first-order chi connectivity index (χ1) is 10.1. The Balaban J connectivity index is 2.12. The Kier molecular flexibility index (Phi) is 3.55. The van der Waals surface area contributed by atoms with Crippen molar-refractivity contribution in [3.05, 3.63) is 52.4 Å². The molecule has 0 saturated carbocycles. The van der Waals surface area contributed by atoms with E-state index in [0.29, 0.717) is 6.54 Å². The normalized spacial score (nSPS) is 11.0. The van der Waals surface area contributed by atoms with Gasteiger partial charge in [0, 0.05) is 23.1 Å². The van der Waals surface area contributed by atoms with Crippen molar-refractivity contribution in [3.63, 3.8) is 0 Å². The van der Waals surface area contributed by atoms with Crippen LogP contribution in [0.2, 0.25) is 5.02 Å². The van der Waals surface area contributed by atoms with Crippen LogP contribution in [0.5, 0.6) is 5.75 Å². The predicted molar refractivity (Wildman–Crippen MR) is 84.1 cm³/mol. The van der Waals surface area contributed by atoms with Gasteiger partial charge in [-0.2, -0.15) is 0 Å². The molecular formula is C16H16ClN3O. The van der Waals surface area contributed by atoms with E-state index in [1.165, 1.54) is 0 Å². The number of halogens is 1. The molecule has 0 N–H and O–H groups in total. The third-order valence-corrected chi connectivity index (χ3v) is 4.19. The molecule has 108 valence electrons. The Morgan fingerprint density at radius 2 is 1.95 bits per heavy atom. The van der Waals surface area contributed by atoms with E-state index in [1.807, 2.05) is 18.2 Å². The highest BCUT2D eigenvalue weighted by Crippen LogP contribution is 2.27. The molecule has 0 aliphatic heterocycles. The van der Waals surface area contributed by atoms with Crippen molar-refractivity contribution in [2.45, 2.75) is 20.4 Å². The number of hydrogen-bond donors (Lipinski definition) is 0. The van der Waals surface area contributed by atoms with Crippen LogP contribution in [0.3, 0.4) is 0 Å². The van der Waals surface area contributed by atoms with Crippen LogP contribution in [-0.2, 0) is 6.54 Å². The highest BCUT2D eigenvalue weighted by molar-refractivity contribution is 6.31. The second kappa shape index (κ2) is 5.37. The number of ether oxygens (including phenoxy) is 1. The van der Waals surface area contributed by atoms with E-state index in [9.17, 15) is 0 Å². The van der Waals surface area contributed by atoms with Crippen LogP contribution in [0.25, 0.3) is 11.2 Å². The van der Waals surface area contributed by atoms with E-state index in [2.05, 4.69) is 28.4 Å². The number of benzene rings is 1. The van der Waals surface area contributed by atoms with Gasteiger partial charge in [-0.3, -0.25) is 4.98 Å². The summed E-state index contributed by atoms with van der Waals surface area (Å²) in [5, 5.41) is 0.721. The number of aromatic nitrogens is 3. The topological polar surface area (TPSA) is 39.9 Å². The van der Waals surface area contributed by atoms with Gasteiger partial charge in [-0.05, 0) is 43.2 Å². The summed E-state index contributed by atoms with van der Waals surface area (Å²) in [4.78, 5) is 8.88. The largest absolute Gasteiger partial charge is 0.497 e. The van der Waals surface area contributed by atoms with Crippen LogP contribution >= 0.6 is 11.6 Å². The fraction of sp³-hybridized carbons (Fsp3) is 0.250. The van der Waals surface area contributed by atoms with E-state index in [1.54, 1.807) is 19.5 Å². The zero-order valence-corrected chi connectivity index (χ0v) is 13.0. The number of rotatable bonds is 3. The monoisotopic (exact) mass is 301 g/mol. The number of aryl methyl sites for hydroxylation is 1. The Morgan fingerprint density at radius 1 is 1.19 bits per heavy atom. The summed E-state index contributed by atoms with van der Waals surface area (Å²) in [5.74, 6) is 0.798. The zero-order chi connectivity index (χ0) is 15.0. The van der Waals surface area contributed by atoms with E-state index in [4.69, 9.17) is 16.3 Å². The lowest BCUT2D eigenvalue weighted by Gasteiger charge is -2.11. The maximum Gasteiger partial charge on any atom is 0.159 e. The molecule has 0 atom stereocenters. The van der Waals surface area contributed by atoms with Gasteiger partial charge in [0.1, 0.15) is 11.3 Å². The van der Waals surface area contributed by atoms with Gasteiger partial charge >= 0.3 is 0 Å². The van der Waals surface area contributed by atoms with Crippen molar-refractivity contribution in [1.82, 2.24) is 14.5 Å².